The van der Waals surface area contributed by atoms with Gasteiger partial charge in [-0.05, 0) is 69.8 Å². The van der Waals surface area contributed by atoms with Gasteiger partial charge < -0.3 is 40.7 Å². The zero-order valence-electron chi connectivity index (χ0n) is 37.5. The first kappa shape index (κ1) is 47.6. The summed E-state index contributed by atoms with van der Waals surface area (Å²) in [5, 5.41) is 0. The maximum absolute atomic E-state index is 12.9. The molecule has 4 aromatic carbocycles. The van der Waals surface area contributed by atoms with Gasteiger partial charge in [0.2, 0.25) is 11.4 Å². The molecule has 3 aromatic heterocycles. The molecule has 0 spiro atoms. The molecule has 13 heteroatoms. The molecule has 1 fully saturated rings. The molecule has 10 nitrogen and oxygen atoms in total. The van der Waals surface area contributed by atoms with Gasteiger partial charge in [0.25, 0.3) is 0 Å². The monoisotopic (exact) mass is 987 g/mol. The van der Waals surface area contributed by atoms with Crippen molar-refractivity contribution in [2.24, 2.45) is 0 Å². The lowest BCUT2D eigenvalue weighted by Gasteiger charge is -2.33. The summed E-state index contributed by atoms with van der Waals surface area (Å²) in [5.74, 6) is 0.452. The van der Waals surface area contributed by atoms with Crippen LogP contribution in [0.25, 0.3) is 33.6 Å². The topological polar surface area (TPSA) is 109 Å². The molecule has 0 radical (unpaired) electrons. The summed E-state index contributed by atoms with van der Waals surface area (Å²) < 4.78 is 41.6. The molecule has 2 aliphatic rings. The average molecular weight is 989 g/mol. The predicted molar refractivity (Wildman–Crippen MR) is 253 cm³/mol. The Bertz CT molecular complexity index is 2780. The molecule has 0 bridgehead atoms. The SMILES string of the molecule is CCOP(=O)(CC[n+]1ccc(-c2cc[n+](-c3ccc(C4(c5ccc(-[n+]6ccc(C7CC[NH+](CCP(=O)(O)O)CC7)cc6)cc5)c5ccccc5-c5ccccc54)cc3)cc2)cc1)OCC.[Br-]. The third kappa shape index (κ3) is 10.0. The lowest BCUT2D eigenvalue weighted by Crippen LogP contribution is -3.13. The fourth-order valence-corrected chi connectivity index (χ4v) is 12.2. The van der Waals surface area contributed by atoms with Gasteiger partial charge in [0.15, 0.2) is 43.7 Å². The molecule has 0 saturated carbocycles. The van der Waals surface area contributed by atoms with Gasteiger partial charge >= 0.3 is 15.2 Å². The number of pyridine rings is 3. The van der Waals surface area contributed by atoms with Crippen molar-refractivity contribution in [1.29, 1.82) is 0 Å². The van der Waals surface area contributed by atoms with Gasteiger partial charge in [-0.15, -0.1) is 0 Å². The second-order valence-corrected chi connectivity index (χ2v) is 21.1. The van der Waals surface area contributed by atoms with Crippen LogP contribution < -0.4 is 35.6 Å². The number of nitrogens with one attached hydrogen (secondary N) is 1. The fourth-order valence-electron chi connectivity index (χ4n) is 9.97. The average Bonchev–Trinajstić information content (AvgIpc) is 3.64. The minimum Gasteiger partial charge on any atom is -1.00 e. The summed E-state index contributed by atoms with van der Waals surface area (Å²) >= 11 is 0. The van der Waals surface area contributed by atoms with Crippen LogP contribution >= 0.6 is 15.2 Å². The Morgan fingerprint density at radius 2 is 1.06 bits per heavy atom. The maximum Gasteiger partial charge on any atom is 0.337 e. The van der Waals surface area contributed by atoms with Crippen molar-refractivity contribution in [3.05, 3.63) is 198 Å². The largest absolute Gasteiger partial charge is 1.00 e. The Morgan fingerprint density at radius 3 is 1.53 bits per heavy atom. The van der Waals surface area contributed by atoms with Gasteiger partial charge in [-0.2, -0.15) is 9.13 Å². The number of aromatic nitrogens is 3. The standard InChI is InChI=1S/C53H55N4O6P2.BrH/c1-3-62-65(61,63-4-2)40-38-55-31-23-42(24-32-55)44-27-35-57(36-28-44)48-19-15-46(16-20-48)53(51-11-7-5-9-49(51)50-10-6-8-12-52(50)53)45-13-17-47(18-14-45)56-33-25-43(26-34-56)41-21-29-54(30-22-41)37-39-64(58,59)60;/h5-20,23-28,31-36,41H,3-4,21-22,29-30,37-40H2,1-2H3;1H/q+1;/p+2. The number of aryl methyl sites for hydroxylation is 1. The van der Waals surface area contributed by atoms with E-state index in [9.17, 15) is 18.9 Å². The Morgan fingerprint density at radius 1 is 0.606 bits per heavy atom. The van der Waals surface area contributed by atoms with Crippen molar-refractivity contribution in [3.8, 4) is 33.6 Å². The number of halogens is 1. The molecule has 0 atom stereocenters. The molecule has 1 aliphatic carbocycles. The van der Waals surface area contributed by atoms with E-state index in [1.54, 1.807) is 0 Å². The first-order valence-electron chi connectivity index (χ1n) is 22.8. The van der Waals surface area contributed by atoms with E-state index in [1.807, 2.05) is 30.8 Å². The molecule has 9 rings (SSSR count). The van der Waals surface area contributed by atoms with Gasteiger partial charge in [-0.1, -0.05) is 72.8 Å². The van der Waals surface area contributed by atoms with Crippen LogP contribution in [0.5, 0.6) is 0 Å². The summed E-state index contributed by atoms with van der Waals surface area (Å²) in [7, 11) is -7.07. The normalized spacial score (nSPS) is 16.5. The first-order valence-corrected chi connectivity index (χ1v) is 26.3. The summed E-state index contributed by atoms with van der Waals surface area (Å²) in [6.45, 7) is 7.30. The maximum atomic E-state index is 12.9. The molecule has 0 amide bonds. The van der Waals surface area contributed by atoms with Crippen molar-refractivity contribution in [1.82, 2.24) is 0 Å². The van der Waals surface area contributed by atoms with Crippen molar-refractivity contribution >= 4 is 15.2 Å². The number of rotatable bonds is 16. The summed E-state index contributed by atoms with van der Waals surface area (Å²) in [4.78, 5) is 19.9. The van der Waals surface area contributed by atoms with Crippen LogP contribution in [0.15, 0.2) is 171 Å². The Hall–Kier alpha value is -4.93. The van der Waals surface area contributed by atoms with Crippen molar-refractivity contribution in [3.63, 3.8) is 0 Å². The Balaban J connectivity index is 0.00000592. The molecule has 1 saturated heterocycles. The second kappa shape index (κ2) is 20.5. The summed E-state index contributed by atoms with van der Waals surface area (Å²) in [6, 6.07) is 48.5. The minimum absolute atomic E-state index is 0. The fraction of sp³-hybridized carbons (Fsp3) is 0.264. The lowest BCUT2D eigenvalue weighted by molar-refractivity contribution is -0.903. The predicted octanol–water partition coefficient (Wildman–Crippen LogP) is 4.77. The van der Waals surface area contributed by atoms with Crippen LogP contribution in [0, 0.1) is 0 Å². The van der Waals surface area contributed by atoms with E-state index in [2.05, 4.69) is 167 Å². The van der Waals surface area contributed by atoms with Crippen molar-refractivity contribution in [2.45, 2.75) is 44.6 Å². The summed E-state index contributed by atoms with van der Waals surface area (Å²) in [5.41, 5.74) is 12.6. The molecule has 1 aliphatic heterocycles. The van der Waals surface area contributed by atoms with Crippen LogP contribution in [0.4, 0.5) is 0 Å². The van der Waals surface area contributed by atoms with Crippen LogP contribution in [0.3, 0.4) is 0 Å². The van der Waals surface area contributed by atoms with Crippen LogP contribution in [0.2, 0.25) is 0 Å². The van der Waals surface area contributed by atoms with Crippen molar-refractivity contribution in [2.75, 3.05) is 45.2 Å². The van der Waals surface area contributed by atoms with Crippen LogP contribution in [-0.2, 0) is 30.1 Å². The number of hydrogen-bond donors (Lipinski definition) is 3. The van der Waals surface area contributed by atoms with E-state index in [4.69, 9.17) is 9.05 Å². The number of fused-ring (bicyclic) bond motifs is 3. The van der Waals surface area contributed by atoms with E-state index in [1.165, 1.54) is 43.8 Å². The van der Waals surface area contributed by atoms with Crippen LogP contribution in [0.1, 0.15) is 60.4 Å². The number of likely N-dealkylation sites (tertiary alicyclic amines) is 1. The van der Waals surface area contributed by atoms with Gasteiger partial charge in [-0.3, -0.25) is 9.13 Å². The Labute approximate surface area is 398 Å². The third-order valence-electron chi connectivity index (χ3n) is 13.3. The summed E-state index contributed by atoms with van der Waals surface area (Å²) in [6.07, 6.45) is 14.8. The minimum atomic E-state index is -3.96. The number of piperidine rings is 1. The number of nitrogens with zero attached hydrogens (tertiary/aromatic N) is 3. The van der Waals surface area contributed by atoms with Crippen molar-refractivity contribution < 1.29 is 63.5 Å². The highest BCUT2D eigenvalue weighted by molar-refractivity contribution is 7.53. The molecule has 340 valence electrons. The van der Waals surface area contributed by atoms with E-state index < -0.39 is 20.6 Å². The lowest BCUT2D eigenvalue weighted by atomic mass is 9.67. The van der Waals surface area contributed by atoms with Gasteiger partial charge in [0, 0.05) is 73.5 Å². The number of benzene rings is 4. The van der Waals surface area contributed by atoms with E-state index in [0.29, 0.717) is 38.4 Å². The molecular formula is C53H58BrN4O6P2+3. The van der Waals surface area contributed by atoms with Gasteiger partial charge in [0.05, 0.1) is 44.4 Å². The highest BCUT2D eigenvalue weighted by Gasteiger charge is 2.46. The van der Waals surface area contributed by atoms with Crippen LogP contribution in [-0.4, -0.2) is 55.0 Å². The number of quaternary nitrogens is 1. The highest BCUT2D eigenvalue weighted by Crippen LogP contribution is 2.56. The molecule has 7 aromatic rings. The van der Waals surface area contributed by atoms with E-state index in [-0.39, 0.29) is 23.1 Å². The zero-order chi connectivity index (χ0) is 45.0. The zero-order valence-corrected chi connectivity index (χ0v) is 40.8. The highest BCUT2D eigenvalue weighted by atomic mass is 79.9. The molecule has 0 unspecified atom stereocenters. The number of hydrogen-bond acceptors (Lipinski definition) is 4. The quantitative estimate of drug-likeness (QED) is 0.0953. The molecule has 4 heterocycles. The molecular weight excluding hydrogens is 930 g/mol. The van der Waals surface area contributed by atoms with Gasteiger partial charge in [0.1, 0.15) is 6.16 Å². The Kier molecular flexibility index (Phi) is 14.8. The molecule has 3 N–H and O–H groups in total. The third-order valence-corrected chi connectivity index (χ3v) is 16.1. The van der Waals surface area contributed by atoms with E-state index >= 15 is 0 Å². The smallest absolute Gasteiger partial charge is 0.337 e. The first-order chi connectivity index (χ1) is 31.6. The van der Waals surface area contributed by atoms with E-state index in [0.717, 1.165) is 48.4 Å². The second-order valence-electron chi connectivity index (χ2n) is 17.1. The van der Waals surface area contributed by atoms with Gasteiger partial charge in [-0.25, -0.2) is 4.57 Å². The molecule has 66 heavy (non-hydrogen) atoms.